The molecule has 0 saturated heterocycles. The summed E-state index contributed by atoms with van der Waals surface area (Å²) >= 11 is 5.79. The van der Waals surface area contributed by atoms with Crippen LogP contribution in [-0.2, 0) is 6.42 Å². The molecular formula is C13H11ClN2O3. The Morgan fingerprint density at radius 3 is 2.53 bits per heavy atom. The predicted molar refractivity (Wildman–Crippen MR) is 71.5 cm³/mol. The summed E-state index contributed by atoms with van der Waals surface area (Å²) in [6.07, 6.45) is 1.90. The maximum absolute atomic E-state index is 10.5. The van der Waals surface area contributed by atoms with Crippen molar-refractivity contribution in [1.82, 2.24) is 4.98 Å². The van der Waals surface area contributed by atoms with Crippen LogP contribution in [0.4, 0.5) is 5.69 Å². The first-order chi connectivity index (χ1) is 9.15. The third kappa shape index (κ3) is 3.93. The zero-order valence-corrected chi connectivity index (χ0v) is 10.7. The van der Waals surface area contributed by atoms with E-state index in [1.54, 1.807) is 0 Å². The van der Waals surface area contributed by atoms with Gasteiger partial charge >= 0.3 is 0 Å². The minimum absolute atomic E-state index is 0.0509. The van der Waals surface area contributed by atoms with Crippen molar-refractivity contribution in [1.29, 1.82) is 0 Å². The first-order valence-electron chi connectivity index (χ1n) is 5.63. The minimum Gasteiger partial charge on any atom is -0.477 e. The molecule has 0 spiro atoms. The Morgan fingerprint density at radius 1 is 1.21 bits per heavy atom. The topological polar surface area (TPSA) is 65.3 Å². The number of aromatic nitrogens is 1. The molecule has 2 aromatic rings. The number of hydrogen-bond donors (Lipinski definition) is 0. The van der Waals surface area contributed by atoms with Crippen molar-refractivity contribution in [2.75, 3.05) is 6.61 Å². The van der Waals surface area contributed by atoms with Crippen LogP contribution in [0.25, 0.3) is 0 Å². The van der Waals surface area contributed by atoms with Crippen LogP contribution in [0.3, 0.4) is 0 Å². The number of pyridine rings is 1. The third-order valence-electron chi connectivity index (χ3n) is 2.49. The molecule has 0 bridgehead atoms. The SMILES string of the molecule is O=[N+]([O-])c1ccc(OCCc2ccc(Cl)cc2)nc1. The van der Waals surface area contributed by atoms with Crippen LogP contribution in [0.5, 0.6) is 5.88 Å². The van der Waals surface area contributed by atoms with Crippen LogP contribution in [0.15, 0.2) is 42.6 Å². The van der Waals surface area contributed by atoms with Gasteiger partial charge in [-0.1, -0.05) is 23.7 Å². The van der Waals surface area contributed by atoms with E-state index >= 15 is 0 Å². The fourth-order valence-electron chi connectivity index (χ4n) is 1.49. The Bertz CT molecular complexity index is 555. The van der Waals surface area contributed by atoms with Crippen molar-refractivity contribution in [3.8, 4) is 5.88 Å². The van der Waals surface area contributed by atoms with Crippen LogP contribution in [-0.4, -0.2) is 16.5 Å². The van der Waals surface area contributed by atoms with Crippen molar-refractivity contribution < 1.29 is 9.66 Å². The summed E-state index contributed by atoms with van der Waals surface area (Å²) in [7, 11) is 0. The second kappa shape index (κ2) is 6.15. The predicted octanol–water partition coefficient (Wildman–Crippen LogP) is 3.26. The van der Waals surface area contributed by atoms with Crippen molar-refractivity contribution in [2.45, 2.75) is 6.42 Å². The number of benzene rings is 1. The standard InChI is InChI=1S/C13H11ClN2O3/c14-11-3-1-10(2-4-11)7-8-19-13-6-5-12(9-15-13)16(17)18/h1-6,9H,7-8H2. The Labute approximate surface area is 115 Å². The molecule has 0 aliphatic carbocycles. The molecule has 0 radical (unpaired) electrons. The smallest absolute Gasteiger partial charge is 0.287 e. The molecular weight excluding hydrogens is 268 g/mol. The van der Waals surface area contributed by atoms with Crippen molar-refractivity contribution in [2.24, 2.45) is 0 Å². The molecule has 0 fully saturated rings. The quantitative estimate of drug-likeness (QED) is 0.622. The summed E-state index contributed by atoms with van der Waals surface area (Å²) in [6, 6.07) is 10.3. The maximum Gasteiger partial charge on any atom is 0.287 e. The number of hydrogen-bond acceptors (Lipinski definition) is 4. The van der Waals surface area contributed by atoms with E-state index in [2.05, 4.69) is 4.98 Å². The van der Waals surface area contributed by atoms with Gasteiger partial charge in [0.2, 0.25) is 5.88 Å². The summed E-state index contributed by atoms with van der Waals surface area (Å²) in [5.74, 6) is 0.375. The molecule has 1 heterocycles. The second-order valence-corrected chi connectivity index (χ2v) is 4.27. The van der Waals surface area contributed by atoms with Gasteiger partial charge in [0, 0.05) is 23.6 Å². The number of nitrogens with zero attached hydrogens (tertiary/aromatic N) is 2. The molecule has 6 heteroatoms. The van der Waals surface area contributed by atoms with Gasteiger partial charge in [0.05, 0.1) is 11.5 Å². The van der Waals surface area contributed by atoms with Crippen LogP contribution >= 0.6 is 11.6 Å². The van der Waals surface area contributed by atoms with Crippen LogP contribution in [0, 0.1) is 10.1 Å². The van der Waals surface area contributed by atoms with E-state index < -0.39 is 4.92 Å². The average Bonchev–Trinajstić information content (AvgIpc) is 2.41. The summed E-state index contributed by atoms with van der Waals surface area (Å²) in [5, 5.41) is 11.1. The number of halogens is 1. The van der Waals surface area contributed by atoms with Crippen molar-refractivity contribution in [3.63, 3.8) is 0 Å². The Hall–Kier alpha value is -2.14. The lowest BCUT2D eigenvalue weighted by molar-refractivity contribution is -0.385. The van der Waals surface area contributed by atoms with E-state index in [1.807, 2.05) is 24.3 Å². The Kier molecular flexibility index (Phi) is 4.30. The highest BCUT2D eigenvalue weighted by Crippen LogP contribution is 2.14. The highest BCUT2D eigenvalue weighted by atomic mass is 35.5. The molecule has 0 amide bonds. The molecule has 1 aromatic carbocycles. The average molecular weight is 279 g/mol. The summed E-state index contributed by atoms with van der Waals surface area (Å²) in [4.78, 5) is 13.8. The van der Waals surface area contributed by atoms with Gasteiger partial charge in [-0.2, -0.15) is 0 Å². The summed E-state index contributed by atoms with van der Waals surface area (Å²) < 4.78 is 5.41. The molecule has 0 saturated carbocycles. The molecule has 5 nitrogen and oxygen atoms in total. The van der Waals surface area contributed by atoms with E-state index in [0.29, 0.717) is 17.5 Å². The first-order valence-corrected chi connectivity index (χ1v) is 6.00. The van der Waals surface area contributed by atoms with Gasteiger partial charge in [-0.3, -0.25) is 10.1 Å². The van der Waals surface area contributed by atoms with Crippen molar-refractivity contribution >= 4 is 17.3 Å². The number of rotatable bonds is 5. The fraction of sp³-hybridized carbons (Fsp3) is 0.154. The third-order valence-corrected chi connectivity index (χ3v) is 2.74. The van der Waals surface area contributed by atoms with Crippen LogP contribution < -0.4 is 4.74 Å². The van der Waals surface area contributed by atoms with Crippen molar-refractivity contribution in [3.05, 3.63) is 63.3 Å². The first kappa shape index (κ1) is 13.3. The van der Waals surface area contributed by atoms with Crippen LogP contribution in [0.2, 0.25) is 5.02 Å². The van der Waals surface area contributed by atoms with E-state index in [-0.39, 0.29) is 5.69 Å². The summed E-state index contributed by atoms with van der Waals surface area (Å²) in [5.41, 5.74) is 1.05. The summed E-state index contributed by atoms with van der Waals surface area (Å²) in [6.45, 7) is 0.451. The molecule has 0 atom stereocenters. The van der Waals surface area contributed by atoms with E-state index in [9.17, 15) is 10.1 Å². The van der Waals surface area contributed by atoms with Gasteiger partial charge in [-0.05, 0) is 17.7 Å². The normalized spacial score (nSPS) is 10.2. The molecule has 0 aliphatic rings. The van der Waals surface area contributed by atoms with Gasteiger partial charge < -0.3 is 4.74 Å². The number of ether oxygens (including phenoxy) is 1. The minimum atomic E-state index is -0.496. The molecule has 0 aliphatic heterocycles. The highest BCUT2D eigenvalue weighted by molar-refractivity contribution is 6.30. The van der Waals surface area contributed by atoms with E-state index in [0.717, 1.165) is 12.0 Å². The molecule has 98 valence electrons. The van der Waals surface area contributed by atoms with E-state index in [4.69, 9.17) is 16.3 Å². The van der Waals surface area contributed by atoms with Gasteiger partial charge in [-0.25, -0.2) is 4.98 Å². The second-order valence-electron chi connectivity index (χ2n) is 3.84. The monoisotopic (exact) mass is 278 g/mol. The fourth-order valence-corrected chi connectivity index (χ4v) is 1.62. The maximum atomic E-state index is 10.5. The largest absolute Gasteiger partial charge is 0.477 e. The van der Waals surface area contributed by atoms with Gasteiger partial charge in [0.25, 0.3) is 5.69 Å². The molecule has 1 aromatic heterocycles. The molecule has 0 N–H and O–H groups in total. The molecule has 2 rings (SSSR count). The lowest BCUT2D eigenvalue weighted by Gasteiger charge is -2.05. The Morgan fingerprint density at radius 2 is 1.95 bits per heavy atom. The lowest BCUT2D eigenvalue weighted by atomic mass is 10.2. The van der Waals surface area contributed by atoms with E-state index in [1.165, 1.54) is 18.3 Å². The van der Waals surface area contributed by atoms with Crippen LogP contribution in [0.1, 0.15) is 5.56 Å². The van der Waals surface area contributed by atoms with Gasteiger partial charge in [0.15, 0.2) is 0 Å². The highest BCUT2D eigenvalue weighted by Gasteiger charge is 2.05. The number of nitro groups is 1. The molecule has 19 heavy (non-hydrogen) atoms. The molecule has 0 unspecified atom stereocenters. The Balaban J connectivity index is 1.85. The zero-order chi connectivity index (χ0) is 13.7. The van der Waals surface area contributed by atoms with Gasteiger partial charge in [0.1, 0.15) is 6.20 Å². The zero-order valence-electron chi connectivity index (χ0n) is 9.95. The van der Waals surface area contributed by atoms with Gasteiger partial charge in [-0.15, -0.1) is 0 Å². The lowest BCUT2D eigenvalue weighted by Crippen LogP contribution is -2.02.